The van der Waals surface area contributed by atoms with Gasteiger partial charge in [-0.3, -0.25) is 0 Å². The molecular weight excluding hydrogens is 272 g/mol. The van der Waals surface area contributed by atoms with Crippen LogP contribution in [0, 0.1) is 6.92 Å². The van der Waals surface area contributed by atoms with E-state index >= 15 is 0 Å². The van der Waals surface area contributed by atoms with Crippen molar-refractivity contribution in [3.05, 3.63) is 41.9 Å². The molecule has 0 spiro atoms. The first kappa shape index (κ1) is 14.9. The topological polar surface area (TPSA) is 59.9 Å². The Hall–Kier alpha value is -1.50. The molecule has 0 saturated heterocycles. The van der Waals surface area contributed by atoms with E-state index in [0.29, 0.717) is 6.61 Å². The lowest BCUT2D eigenvalue weighted by atomic mass is 10.3. The maximum Gasteiger partial charge on any atom is 0.194 e. The zero-order valence-electron chi connectivity index (χ0n) is 11.7. The van der Waals surface area contributed by atoms with Crippen molar-refractivity contribution < 1.29 is 4.74 Å². The number of methoxy groups -OCH3 is 1. The fourth-order valence-electron chi connectivity index (χ4n) is 1.55. The number of aromatic nitrogens is 3. The normalized spacial score (nSPS) is 10.7. The summed E-state index contributed by atoms with van der Waals surface area (Å²) in [6.07, 6.45) is 3.64. The quantitative estimate of drug-likeness (QED) is 0.622. The van der Waals surface area contributed by atoms with Gasteiger partial charge in [-0.15, -0.1) is 0 Å². The molecule has 2 heterocycles. The van der Waals surface area contributed by atoms with Crippen LogP contribution in [0.25, 0.3) is 0 Å². The first-order valence-corrected chi connectivity index (χ1v) is 7.21. The number of nitrogens with zero attached hydrogens (tertiary/aromatic N) is 3. The van der Waals surface area contributed by atoms with Crippen LogP contribution in [-0.4, -0.2) is 35.2 Å². The number of hydrogen-bond acceptors (Lipinski definition) is 6. The highest BCUT2D eigenvalue weighted by Gasteiger charge is 2.02. The van der Waals surface area contributed by atoms with Gasteiger partial charge in [0.1, 0.15) is 5.03 Å². The summed E-state index contributed by atoms with van der Waals surface area (Å²) >= 11 is 1.47. The number of nitrogens with one attached hydrogen (secondary N) is 1. The summed E-state index contributed by atoms with van der Waals surface area (Å²) in [5, 5.41) is 4.91. The number of rotatable bonds is 7. The van der Waals surface area contributed by atoms with E-state index in [1.165, 1.54) is 11.8 Å². The molecule has 0 amide bonds. The molecule has 2 rings (SSSR count). The molecule has 0 aliphatic carbocycles. The van der Waals surface area contributed by atoms with Crippen molar-refractivity contribution in [2.45, 2.75) is 23.7 Å². The van der Waals surface area contributed by atoms with E-state index in [1.807, 2.05) is 25.3 Å². The fraction of sp³-hybridized carbons (Fsp3) is 0.357. The SMILES string of the molecule is COCCNCc1ccc(Sc2nccc(C)n2)nc1. The highest BCUT2D eigenvalue weighted by Crippen LogP contribution is 2.22. The van der Waals surface area contributed by atoms with Crippen molar-refractivity contribution in [2.75, 3.05) is 20.3 Å². The second kappa shape index (κ2) is 7.94. The minimum atomic E-state index is 0.714. The monoisotopic (exact) mass is 290 g/mol. The molecule has 20 heavy (non-hydrogen) atoms. The van der Waals surface area contributed by atoms with Crippen LogP contribution in [0.5, 0.6) is 0 Å². The Morgan fingerprint density at radius 2 is 2.15 bits per heavy atom. The molecule has 1 N–H and O–H groups in total. The first-order chi connectivity index (χ1) is 9.78. The van der Waals surface area contributed by atoms with E-state index in [4.69, 9.17) is 4.74 Å². The maximum absolute atomic E-state index is 4.98. The van der Waals surface area contributed by atoms with E-state index in [0.717, 1.165) is 34.5 Å². The summed E-state index contributed by atoms with van der Waals surface area (Å²) in [6, 6.07) is 5.93. The largest absolute Gasteiger partial charge is 0.383 e. The molecule has 2 aromatic rings. The lowest BCUT2D eigenvalue weighted by molar-refractivity contribution is 0.199. The van der Waals surface area contributed by atoms with Crippen molar-refractivity contribution >= 4 is 11.8 Å². The summed E-state index contributed by atoms with van der Waals surface area (Å²) in [7, 11) is 1.70. The van der Waals surface area contributed by atoms with Crippen LogP contribution in [0.1, 0.15) is 11.3 Å². The highest BCUT2D eigenvalue weighted by atomic mass is 32.2. The third-order valence-corrected chi connectivity index (χ3v) is 3.41. The fourth-order valence-corrected chi connectivity index (χ4v) is 2.28. The van der Waals surface area contributed by atoms with Crippen LogP contribution in [-0.2, 0) is 11.3 Å². The Labute approximate surface area is 123 Å². The molecule has 0 aliphatic rings. The van der Waals surface area contributed by atoms with Crippen molar-refractivity contribution in [2.24, 2.45) is 0 Å². The molecule has 0 radical (unpaired) electrons. The molecule has 6 heteroatoms. The number of ether oxygens (including phenoxy) is 1. The van der Waals surface area contributed by atoms with Crippen LogP contribution in [0.4, 0.5) is 0 Å². The van der Waals surface area contributed by atoms with Gasteiger partial charge in [-0.1, -0.05) is 6.07 Å². The Bertz CT molecular complexity index is 533. The molecule has 5 nitrogen and oxygen atoms in total. The molecule has 106 valence electrons. The predicted octanol–water partition coefficient (Wildman–Crippen LogP) is 2.07. The number of hydrogen-bond donors (Lipinski definition) is 1. The predicted molar refractivity (Wildman–Crippen MR) is 78.7 cm³/mol. The standard InChI is InChI=1S/C14H18N4OS/c1-11-5-6-16-14(18-11)20-13-4-3-12(10-17-13)9-15-7-8-19-2/h3-6,10,15H,7-9H2,1-2H3. The second-order valence-corrected chi connectivity index (χ2v) is 5.24. The van der Waals surface area contributed by atoms with E-state index in [9.17, 15) is 0 Å². The van der Waals surface area contributed by atoms with E-state index in [-0.39, 0.29) is 0 Å². The van der Waals surface area contributed by atoms with Gasteiger partial charge in [0, 0.05) is 38.3 Å². The van der Waals surface area contributed by atoms with E-state index in [2.05, 4.69) is 26.3 Å². The Kier molecular flexibility index (Phi) is 5.91. The summed E-state index contributed by atoms with van der Waals surface area (Å²) in [6.45, 7) is 4.30. The molecule has 0 aliphatic heterocycles. The molecule has 2 aromatic heterocycles. The van der Waals surface area contributed by atoms with Crippen LogP contribution >= 0.6 is 11.8 Å². The van der Waals surface area contributed by atoms with Crippen molar-refractivity contribution in [3.63, 3.8) is 0 Å². The Morgan fingerprint density at radius 1 is 1.25 bits per heavy atom. The molecule has 0 bridgehead atoms. The van der Waals surface area contributed by atoms with Gasteiger partial charge in [-0.25, -0.2) is 15.0 Å². The zero-order valence-corrected chi connectivity index (χ0v) is 12.5. The minimum Gasteiger partial charge on any atom is -0.383 e. The van der Waals surface area contributed by atoms with Gasteiger partial charge in [0.05, 0.1) is 6.61 Å². The summed E-state index contributed by atoms with van der Waals surface area (Å²) < 4.78 is 4.98. The van der Waals surface area contributed by atoms with Gasteiger partial charge >= 0.3 is 0 Å². The molecule has 0 unspecified atom stereocenters. The molecule has 0 fully saturated rings. The molecular formula is C14H18N4OS. The van der Waals surface area contributed by atoms with Crippen LogP contribution < -0.4 is 5.32 Å². The number of aryl methyl sites for hydroxylation is 1. The Morgan fingerprint density at radius 3 is 2.85 bits per heavy atom. The van der Waals surface area contributed by atoms with Crippen molar-refractivity contribution in [1.29, 1.82) is 0 Å². The number of pyridine rings is 1. The van der Waals surface area contributed by atoms with Gasteiger partial charge in [0.25, 0.3) is 0 Å². The average molecular weight is 290 g/mol. The van der Waals surface area contributed by atoms with Gasteiger partial charge in [-0.05, 0) is 36.4 Å². The smallest absolute Gasteiger partial charge is 0.194 e. The van der Waals surface area contributed by atoms with Crippen molar-refractivity contribution in [1.82, 2.24) is 20.3 Å². The summed E-state index contributed by atoms with van der Waals surface area (Å²) in [5.41, 5.74) is 2.11. The van der Waals surface area contributed by atoms with Crippen LogP contribution in [0.3, 0.4) is 0 Å². The van der Waals surface area contributed by atoms with Crippen LogP contribution in [0.2, 0.25) is 0 Å². The van der Waals surface area contributed by atoms with Crippen LogP contribution in [0.15, 0.2) is 40.8 Å². The zero-order chi connectivity index (χ0) is 14.2. The van der Waals surface area contributed by atoms with E-state index in [1.54, 1.807) is 13.3 Å². The summed E-state index contributed by atoms with van der Waals surface area (Å²) in [4.78, 5) is 13.0. The van der Waals surface area contributed by atoms with Gasteiger partial charge < -0.3 is 10.1 Å². The molecule has 0 saturated carbocycles. The molecule has 0 aromatic carbocycles. The highest BCUT2D eigenvalue weighted by molar-refractivity contribution is 7.99. The van der Waals surface area contributed by atoms with Gasteiger partial charge in [-0.2, -0.15) is 0 Å². The van der Waals surface area contributed by atoms with Gasteiger partial charge in [0.15, 0.2) is 5.16 Å². The Balaban J connectivity index is 1.88. The maximum atomic E-state index is 4.98. The lowest BCUT2D eigenvalue weighted by Gasteiger charge is -2.05. The lowest BCUT2D eigenvalue weighted by Crippen LogP contribution is -2.18. The van der Waals surface area contributed by atoms with E-state index < -0.39 is 0 Å². The van der Waals surface area contributed by atoms with Crippen molar-refractivity contribution in [3.8, 4) is 0 Å². The van der Waals surface area contributed by atoms with Gasteiger partial charge in [0.2, 0.25) is 0 Å². The third-order valence-electron chi connectivity index (χ3n) is 2.58. The average Bonchev–Trinajstić information content (AvgIpc) is 2.45. The summed E-state index contributed by atoms with van der Waals surface area (Å²) in [5.74, 6) is 0. The molecule has 0 atom stereocenters. The first-order valence-electron chi connectivity index (χ1n) is 6.40. The minimum absolute atomic E-state index is 0.714. The third kappa shape index (κ3) is 4.88. The second-order valence-electron chi connectivity index (χ2n) is 4.26.